The first-order valence-electron chi connectivity index (χ1n) is 7.97. The zero-order chi connectivity index (χ0) is 17.7. The van der Waals surface area contributed by atoms with Crippen LogP contribution in [-0.4, -0.2) is 23.1 Å². The van der Waals surface area contributed by atoms with Crippen molar-refractivity contribution in [2.45, 2.75) is 33.6 Å². The second-order valence-corrected chi connectivity index (χ2v) is 5.53. The summed E-state index contributed by atoms with van der Waals surface area (Å²) in [5.41, 5.74) is 0.491. The van der Waals surface area contributed by atoms with Crippen LogP contribution in [0.15, 0.2) is 18.2 Å². The van der Waals surface area contributed by atoms with Gasteiger partial charge in [0.15, 0.2) is 17.5 Å². The Morgan fingerprint density at radius 1 is 1.00 bits per heavy atom. The topological polar surface area (TPSA) is 41.1 Å². The molecule has 0 atom stereocenters. The summed E-state index contributed by atoms with van der Waals surface area (Å²) < 4.78 is 40.2. The summed E-state index contributed by atoms with van der Waals surface area (Å²) in [6, 6.07) is 3.82. The molecule has 0 aliphatic heterocycles. The summed E-state index contributed by atoms with van der Waals surface area (Å²) in [7, 11) is 0. The van der Waals surface area contributed by atoms with E-state index < -0.39 is 17.5 Å². The van der Waals surface area contributed by atoms with Crippen molar-refractivity contribution in [2.75, 3.05) is 23.3 Å². The lowest BCUT2D eigenvalue weighted by Gasteiger charge is -2.23. The van der Waals surface area contributed by atoms with Gasteiger partial charge in [-0.15, -0.1) is 0 Å². The van der Waals surface area contributed by atoms with Crippen molar-refractivity contribution >= 4 is 17.5 Å². The number of rotatable bonds is 7. The zero-order valence-electron chi connectivity index (χ0n) is 14.0. The van der Waals surface area contributed by atoms with Crippen LogP contribution in [-0.2, 0) is 0 Å². The molecule has 1 aromatic carbocycles. The van der Waals surface area contributed by atoms with Gasteiger partial charge < -0.3 is 10.2 Å². The quantitative estimate of drug-likeness (QED) is 0.751. The average Bonchev–Trinajstić information content (AvgIpc) is 2.55. The van der Waals surface area contributed by atoms with Crippen LogP contribution in [0.1, 0.15) is 32.4 Å². The van der Waals surface area contributed by atoms with E-state index in [0.717, 1.165) is 43.9 Å². The second kappa shape index (κ2) is 7.99. The number of halogens is 3. The molecule has 0 saturated heterocycles. The molecule has 0 radical (unpaired) electrons. The van der Waals surface area contributed by atoms with E-state index in [4.69, 9.17) is 0 Å². The van der Waals surface area contributed by atoms with Crippen LogP contribution in [0.2, 0.25) is 0 Å². The van der Waals surface area contributed by atoms with E-state index in [9.17, 15) is 13.2 Å². The maximum absolute atomic E-state index is 13.8. The number of benzene rings is 1. The number of nitrogens with one attached hydrogen (secondary N) is 1. The van der Waals surface area contributed by atoms with Crippen LogP contribution >= 0.6 is 0 Å². The molecule has 0 bridgehead atoms. The molecule has 2 rings (SSSR count). The van der Waals surface area contributed by atoms with Crippen molar-refractivity contribution in [1.82, 2.24) is 9.97 Å². The fourth-order valence-electron chi connectivity index (χ4n) is 2.39. The molecule has 0 amide bonds. The number of aryl methyl sites for hydroxylation is 1. The monoisotopic (exact) mass is 338 g/mol. The van der Waals surface area contributed by atoms with E-state index in [-0.39, 0.29) is 11.6 Å². The van der Waals surface area contributed by atoms with Gasteiger partial charge >= 0.3 is 0 Å². The highest BCUT2D eigenvalue weighted by Crippen LogP contribution is 2.23. The molecule has 0 aliphatic rings. The minimum atomic E-state index is -1.52. The standard InChI is InChI=1S/C17H21F3N4/c1-4-8-24(9-5-2)14-10-11(3)21-17(23-14)22-13-7-6-12(18)15(19)16(13)20/h6-7,10H,4-5,8-9H2,1-3H3,(H,21,22,23). The maximum atomic E-state index is 13.8. The van der Waals surface area contributed by atoms with Gasteiger partial charge in [-0.25, -0.2) is 18.2 Å². The van der Waals surface area contributed by atoms with Crippen LogP contribution in [0, 0.1) is 24.4 Å². The summed E-state index contributed by atoms with van der Waals surface area (Å²) in [6.45, 7) is 7.62. The van der Waals surface area contributed by atoms with Gasteiger partial charge in [-0.2, -0.15) is 4.98 Å². The predicted octanol–water partition coefficient (Wildman–Crippen LogP) is 4.57. The Bertz CT molecular complexity index is 700. The van der Waals surface area contributed by atoms with Crippen molar-refractivity contribution in [3.05, 3.63) is 41.3 Å². The number of hydrogen-bond acceptors (Lipinski definition) is 4. The van der Waals surface area contributed by atoms with Gasteiger partial charge in [-0.3, -0.25) is 0 Å². The van der Waals surface area contributed by atoms with Crippen LogP contribution in [0.4, 0.5) is 30.6 Å². The Balaban J connectivity index is 2.33. The Hall–Kier alpha value is -2.31. The summed E-state index contributed by atoms with van der Waals surface area (Å²) in [6.07, 6.45) is 1.92. The lowest BCUT2D eigenvalue weighted by atomic mass is 10.3. The third-order valence-electron chi connectivity index (χ3n) is 3.43. The molecule has 130 valence electrons. The van der Waals surface area contributed by atoms with Gasteiger partial charge in [-0.1, -0.05) is 13.8 Å². The fraction of sp³-hybridized carbons (Fsp3) is 0.412. The molecule has 0 aliphatic carbocycles. The summed E-state index contributed by atoms with van der Waals surface area (Å²) in [5.74, 6) is -3.18. The molecule has 0 fully saturated rings. The summed E-state index contributed by atoms with van der Waals surface area (Å²) in [5, 5.41) is 2.63. The number of hydrogen-bond donors (Lipinski definition) is 1. The molecule has 1 N–H and O–H groups in total. The van der Waals surface area contributed by atoms with Gasteiger partial charge in [0.1, 0.15) is 5.82 Å². The van der Waals surface area contributed by atoms with E-state index >= 15 is 0 Å². The first-order valence-corrected chi connectivity index (χ1v) is 7.97. The highest BCUT2D eigenvalue weighted by molar-refractivity contribution is 5.56. The molecule has 0 saturated carbocycles. The Morgan fingerprint density at radius 3 is 2.29 bits per heavy atom. The van der Waals surface area contributed by atoms with E-state index in [2.05, 4.69) is 34.0 Å². The third-order valence-corrected chi connectivity index (χ3v) is 3.43. The second-order valence-electron chi connectivity index (χ2n) is 5.53. The minimum absolute atomic E-state index is 0.145. The predicted molar refractivity (Wildman–Crippen MR) is 89.2 cm³/mol. The SMILES string of the molecule is CCCN(CCC)c1cc(C)nc(Nc2ccc(F)c(F)c2F)n1. The summed E-state index contributed by atoms with van der Waals surface area (Å²) >= 11 is 0. The van der Waals surface area contributed by atoms with Gasteiger partial charge in [0.25, 0.3) is 0 Å². The molecular weight excluding hydrogens is 317 g/mol. The van der Waals surface area contributed by atoms with Gasteiger partial charge in [0.2, 0.25) is 5.95 Å². The molecular formula is C17H21F3N4. The molecule has 7 heteroatoms. The highest BCUT2D eigenvalue weighted by atomic mass is 19.2. The van der Waals surface area contributed by atoms with E-state index in [1.807, 2.05) is 6.07 Å². The lowest BCUT2D eigenvalue weighted by molar-refractivity contribution is 0.449. The number of nitrogens with zero attached hydrogens (tertiary/aromatic N) is 3. The van der Waals surface area contributed by atoms with Crippen molar-refractivity contribution in [1.29, 1.82) is 0 Å². The molecule has 0 spiro atoms. The molecule has 0 unspecified atom stereocenters. The maximum Gasteiger partial charge on any atom is 0.229 e. The van der Waals surface area contributed by atoms with Crippen LogP contribution < -0.4 is 10.2 Å². The average molecular weight is 338 g/mol. The Labute approximate surface area is 139 Å². The largest absolute Gasteiger partial charge is 0.356 e. The number of aromatic nitrogens is 2. The molecule has 24 heavy (non-hydrogen) atoms. The minimum Gasteiger partial charge on any atom is -0.356 e. The van der Waals surface area contributed by atoms with Crippen LogP contribution in [0.5, 0.6) is 0 Å². The lowest BCUT2D eigenvalue weighted by Crippen LogP contribution is -2.26. The molecule has 1 heterocycles. The van der Waals surface area contributed by atoms with Crippen molar-refractivity contribution in [3.63, 3.8) is 0 Å². The molecule has 2 aromatic rings. The molecule has 1 aromatic heterocycles. The van der Waals surface area contributed by atoms with E-state index in [1.54, 1.807) is 6.92 Å². The van der Waals surface area contributed by atoms with Crippen molar-refractivity contribution < 1.29 is 13.2 Å². The van der Waals surface area contributed by atoms with E-state index in [1.165, 1.54) is 0 Å². The highest BCUT2D eigenvalue weighted by Gasteiger charge is 2.15. The molecule has 4 nitrogen and oxygen atoms in total. The van der Waals surface area contributed by atoms with Gasteiger partial charge in [0.05, 0.1) is 5.69 Å². The van der Waals surface area contributed by atoms with Crippen LogP contribution in [0.25, 0.3) is 0 Å². The van der Waals surface area contributed by atoms with Crippen molar-refractivity contribution in [2.24, 2.45) is 0 Å². The summed E-state index contributed by atoms with van der Waals surface area (Å²) in [4.78, 5) is 10.7. The van der Waals surface area contributed by atoms with Gasteiger partial charge in [0, 0.05) is 24.8 Å². The normalized spacial score (nSPS) is 10.8. The Morgan fingerprint density at radius 2 is 1.67 bits per heavy atom. The van der Waals surface area contributed by atoms with Gasteiger partial charge in [-0.05, 0) is 31.9 Å². The van der Waals surface area contributed by atoms with Crippen molar-refractivity contribution in [3.8, 4) is 0 Å². The van der Waals surface area contributed by atoms with Crippen LogP contribution in [0.3, 0.4) is 0 Å². The fourth-order valence-corrected chi connectivity index (χ4v) is 2.39. The van der Waals surface area contributed by atoms with E-state index in [0.29, 0.717) is 5.69 Å². The Kier molecular flexibility index (Phi) is 6.00. The third kappa shape index (κ3) is 4.15. The smallest absolute Gasteiger partial charge is 0.229 e. The first-order chi connectivity index (χ1) is 11.5. The number of anilines is 3. The zero-order valence-corrected chi connectivity index (χ0v) is 14.0. The first kappa shape index (κ1) is 18.0.